The van der Waals surface area contributed by atoms with Crippen LogP contribution >= 0.6 is 0 Å². The predicted octanol–water partition coefficient (Wildman–Crippen LogP) is 0.372. The second-order valence-corrected chi connectivity index (χ2v) is 6.81. The van der Waals surface area contributed by atoms with E-state index >= 15 is 0 Å². The Labute approximate surface area is 155 Å². The minimum atomic E-state index is -0.227. The normalized spacial score (nSPS) is 17.2. The summed E-state index contributed by atoms with van der Waals surface area (Å²) in [6.07, 6.45) is 1.88. The van der Waals surface area contributed by atoms with Gasteiger partial charge in [0.2, 0.25) is 11.6 Å². The van der Waals surface area contributed by atoms with E-state index < -0.39 is 0 Å². The Kier molecular flexibility index (Phi) is 4.33. The van der Waals surface area contributed by atoms with E-state index in [0.29, 0.717) is 29.2 Å². The average Bonchev–Trinajstić information content (AvgIpc) is 3.05. The first-order chi connectivity index (χ1) is 13.1. The summed E-state index contributed by atoms with van der Waals surface area (Å²) in [4.78, 5) is 19.9. The van der Waals surface area contributed by atoms with Gasteiger partial charge in [0.15, 0.2) is 5.52 Å². The topological polar surface area (TPSA) is 119 Å². The lowest BCUT2D eigenvalue weighted by Crippen LogP contribution is -2.45. The molecule has 0 unspecified atom stereocenters. The Hall–Kier alpha value is -3.25. The molecule has 3 aromatic rings. The van der Waals surface area contributed by atoms with Gasteiger partial charge in [-0.3, -0.25) is 9.36 Å². The molecule has 0 bridgehead atoms. The zero-order valence-corrected chi connectivity index (χ0v) is 15.0. The van der Waals surface area contributed by atoms with E-state index in [2.05, 4.69) is 21.4 Å². The Morgan fingerprint density at radius 2 is 2.19 bits per heavy atom. The summed E-state index contributed by atoms with van der Waals surface area (Å²) in [5, 5.41) is 17.3. The Morgan fingerprint density at radius 3 is 2.96 bits per heavy atom. The molecule has 27 heavy (non-hydrogen) atoms. The van der Waals surface area contributed by atoms with Gasteiger partial charge in [-0.2, -0.15) is 10.2 Å². The number of aromatic nitrogens is 5. The average molecular weight is 364 g/mol. The minimum absolute atomic E-state index is 0.0352. The largest absolute Gasteiger partial charge is 0.341 e. The number of nitrogens with two attached hydrogens (primary N) is 1. The van der Waals surface area contributed by atoms with E-state index in [1.54, 1.807) is 17.7 Å². The summed E-state index contributed by atoms with van der Waals surface area (Å²) >= 11 is 0. The predicted molar refractivity (Wildman–Crippen MR) is 100 cm³/mol. The van der Waals surface area contributed by atoms with Crippen molar-refractivity contribution in [2.75, 3.05) is 18.0 Å². The molecule has 0 amide bonds. The van der Waals surface area contributed by atoms with Crippen LogP contribution in [0.15, 0.2) is 29.1 Å². The number of aryl methyl sites for hydroxylation is 1. The summed E-state index contributed by atoms with van der Waals surface area (Å²) in [6.45, 7) is 1.64. The molecule has 0 saturated carbocycles. The first-order valence-corrected chi connectivity index (χ1v) is 8.87. The molecule has 2 N–H and O–H groups in total. The molecule has 0 spiro atoms. The number of nitrogens with zero attached hydrogens (tertiary/aromatic N) is 7. The van der Waals surface area contributed by atoms with Crippen LogP contribution in [0.2, 0.25) is 0 Å². The van der Waals surface area contributed by atoms with Gasteiger partial charge < -0.3 is 10.6 Å². The highest BCUT2D eigenvalue weighted by Crippen LogP contribution is 2.20. The number of anilines is 1. The van der Waals surface area contributed by atoms with E-state index in [1.165, 1.54) is 4.68 Å². The Balaban J connectivity index is 1.89. The molecule has 1 aliphatic rings. The van der Waals surface area contributed by atoms with Crippen molar-refractivity contribution in [2.24, 2.45) is 12.8 Å². The molecule has 4 rings (SSSR count). The Bertz CT molecular complexity index is 1090. The van der Waals surface area contributed by atoms with Crippen LogP contribution < -0.4 is 16.2 Å². The fraction of sp³-hybridized carbons (Fsp3) is 0.389. The van der Waals surface area contributed by atoms with E-state index in [-0.39, 0.29) is 18.1 Å². The summed E-state index contributed by atoms with van der Waals surface area (Å²) in [5.41, 5.74) is 7.87. The van der Waals surface area contributed by atoms with Gasteiger partial charge in [0.05, 0.1) is 18.2 Å². The van der Waals surface area contributed by atoms with Gasteiger partial charge in [-0.15, -0.1) is 5.10 Å². The number of rotatable bonds is 3. The second-order valence-electron chi connectivity index (χ2n) is 6.81. The quantitative estimate of drug-likeness (QED) is 0.713. The van der Waals surface area contributed by atoms with Crippen molar-refractivity contribution in [1.29, 1.82) is 5.26 Å². The van der Waals surface area contributed by atoms with E-state index in [4.69, 9.17) is 5.73 Å². The van der Waals surface area contributed by atoms with Gasteiger partial charge in [-0.25, -0.2) is 4.68 Å². The van der Waals surface area contributed by atoms with Crippen molar-refractivity contribution < 1.29 is 0 Å². The van der Waals surface area contributed by atoms with Crippen molar-refractivity contribution in [3.8, 4) is 6.07 Å². The molecule has 1 saturated heterocycles. The molecule has 1 atom stereocenters. The third-order valence-electron chi connectivity index (χ3n) is 4.91. The van der Waals surface area contributed by atoms with Crippen LogP contribution in [0.25, 0.3) is 11.2 Å². The molecule has 1 aromatic carbocycles. The van der Waals surface area contributed by atoms with Gasteiger partial charge in [-0.05, 0) is 24.5 Å². The van der Waals surface area contributed by atoms with Crippen LogP contribution in [0.3, 0.4) is 0 Å². The highest BCUT2D eigenvalue weighted by Gasteiger charge is 2.24. The SMILES string of the molecule is Cn1nnc2nc(N3CCC[C@H](N)C3)n(Cc3ccccc3C#N)c(=O)c21. The van der Waals surface area contributed by atoms with E-state index in [0.717, 1.165) is 24.9 Å². The van der Waals surface area contributed by atoms with E-state index in [9.17, 15) is 10.1 Å². The molecular formula is C18H20N8O. The Morgan fingerprint density at radius 1 is 1.37 bits per heavy atom. The van der Waals surface area contributed by atoms with Gasteiger partial charge in [-0.1, -0.05) is 23.4 Å². The molecule has 9 heteroatoms. The fourth-order valence-electron chi connectivity index (χ4n) is 3.54. The third kappa shape index (κ3) is 3.04. The fourth-order valence-corrected chi connectivity index (χ4v) is 3.54. The molecular weight excluding hydrogens is 344 g/mol. The maximum Gasteiger partial charge on any atom is 0.283 e. The first kappa shape index (κ1) is 17.2. The second kappa shape index (κ2) is 6.81. The monoisotopic (exact) mass is 364 g/mol. The van der Waals surface area contributed by atoms with Crippen molar-refractivity contribution in [3.05, 3.63) is 45.7 Å². The number of hydrogen-bond donors (Lipinski definition) is 1. The van der Waals surface area contributed by atoms with Crippen LogP contribution in [0, 0.1) is 11.3 Å². The van der Waals surface area contributed by atoms with E-state index in [1.807, 2.05) is 23.1 Å². The summed E-state index contributed by atoms with van der Waals surface area (Å²) in [5.74, 6) is 0.524. The van der Waals surface area contributed by atoms with Crippen molar-refractivity contribution in [3.63, 3.8) is 0 Å². The van der Waals surface area contributed by atoms with Gasteiger partial charge in [0.1, 0.15) is 0 Å². The lowest BCUT2D eigenvalue weighted by molar-refractivity contribution is 0.491. The van der Waals surface area contributed by atoms with Gasteiger partial charge in [0.25, 0.3) is 5.56 Å². The van der Waals surface area contributed by atoms with Crippen LogP contribution in [-0.4, -0.2) is 43.7 Å². The van der Waals surface area contributed by atoms with Crippen molar-refractivity contribution in [2.45, 2.75) is 25.4 Å². The third-order valence-corrected chi connectivity index (χ3v) is 4.91. The summed E-state index contributed by atoms with van der Waals surface area (Å²) < 4.78 is 3.03. The maximum atomic E-state index is 13.2. The van der Waals surface area contributed by atoms with Crippen molar-refractivity contribution >= 4 is 17.1 Å². The molecule has 9 nitrogen and oxygen atoms in total. The molecule has 0 radical (unpaired) electrons. The highest BCUT2D eigenvalue weighted by molar-refractivity contribution is 5.70. The number of fused-ring (bicyclic) bond motifs is 1. The number of hydrogen-bond acceptors (Lipinski definition) is 7. The van der Waals surface area contributed by atoms with Crippen LogP contribution in [0.1, 0.15) is 24.0 Å². The van der Waals surface area contributed by atoms with Crippen LogP contribution in [-0.2, 0) is 13.6 Å². The molecule has 0 aliphatic carbocycles. The highest BCUT2D eigenvalue weighted by atomic mass is 16.1. The zero-order valence-electron chi connectivity index (χ0n) is 15.0. The molecule has 138 valence electrons. The standard InChI is InChI=1S/C18H20N8O/c1-24-15-16(22-23-24)21-18(25-8-4-7-14(20)11-25)26(17(15)27)10-13-6-3-2-5-12(13)9-19/h2-3,5-6,14H,4,7-8,10-11,20H2,1H3/t14-/m0/s1. The lowest BCUT2D eigenvalue weighted by atomic mass is 10.1. The van der Waals surface area contributed by atoms with Crippen LogP contribution in [0.4, 0.5) is 5.95 Å². The summed E-state index contributed by atoms with van der Waals surface area (Å²) in [6, 6.07) is 9.48. The maximum absolute atomic E-state index is 13.2. The molecule has 2 aromatic heterocycles. The van der Waals surface area contributed by atoms with Gasteiger partial charge >= 0.3 is 0 Å². The molecule has 1 aliphatic heterocycles. The van der Waals surface area contributed by atoms with Crippen molar-refractivity contribution in [1.82, 2.24) is 24.5 Å². The molecule has 1 fully saturated rings. The number of benzene rings is 1. The van der Waals surface area contributed by atoms with Crippen LogP contribution in [0.5, 0.6) is 0 Å². The lowest BCUT2D eigenvalue weighted by Gasteiger charge is -2.32. The summed E-state index contributed by atoms with van der Waals surface area (Å²) in [7, 11) is 1.67. The zero-order chi connectivity index (χ0) is 19.0. The number of nitriles is 1. The number of piperidine rings is 1. The van der Waals surface area contributed by atoms with Gasteiger partial charge in [0, 0.05) is 26.2 Å². The smallest absolute Gasteiger partial charge is 0.283 e. The first-order valence-electron chi connectivity index (χ1n) is 8.87. The molecule has 3 heterocycles. The minimum Gasteiger partial charge on any atom is -0.341 e.